The first-order chi connectivity index (χ1) is 26.8. The number of benzene rings is 8. The summed E-state index contributed by atoms with van der Waals surface area (Å²) in [6.07, 6.45) is -4.41. The van der Waals surface area contributed by atoms with Crippen LogP contribution in [0, 0.1) is 0 Å². The molecule has 0 unspecified atom stereocenters. The van der Waals surface area contributed by atoms with Crippen molar-refractivity contribution in [1.82, 2.24) is 9.97 Å². The van der Waals surface area contributed by atoms with E-state index in [-0.39, 0.29) is 0 Å². The molecule has 0 bridgehead atoms. The lowest BCUT2D eigenvalue weighted by atomic mass is 9.95. The monoisotopic (exact) mass is 723 g/mol. The minimum Gasteiger partial charge on any atom is -0.436 e. The highest BCUT2D eigenvalue weighted by Crippen LogP contribution is 2.41. The Morgan fingerprint density at radius 2 is 1.00 bits per heavy atom. The second-order valence-corrected chi connectivity index (χ2v) is 13.4. The van der Waals surface area contributed by atoms with Crippen molar-refractivity contribution in [3.8, 4) is 34.0 Å². The van der Waals surface area contributed by atoms with Crippen LogP contribution in [0.3, 0.4) is 0 Å². The molecule has 0 saturated carbocycles. The predicted octanol–water partition coefficient (Wildman–Crippen LogP) is 13.8. The Hall–Kier alpha value is -7.19. The predicted molar refractivity (Wildman–Crippen MR) is 213 cm³/mol. The highest BCUT2D eigenvalue weighted by Gasteiger charge is 2.30. The molecule has 55 heavy (non-hydrogen) atoms. The maximum atomic E-state index is 13.5. The molecule has 0 amide bonds. The van der Waals surface area contributed by atoms with E-state index in [0.29, 0.717) is 28.3 Å². The minimum absolute atomic E-state index is 0.539. The maximum absolute atomic E-state index is 13.5. The SMILES string of the molecule is FC(F)(F)c1ccc2c(-c3ccc4cc(N(c5ccc6nc(-c7ccccc7)oc6c5)c5ccc6nc(-c7ccccc7)oc6c5)ccc4c3)cccc2c1. The Morgan fingerprint density at radius 3 is 1.62 bits per heavy atom. The highest BCUT2D eigenvalue weighted by molar-refractivity contribution is 6.00. The van der Waals surface area contributed by atoms with Crippen LogP contribution in [-0.4, -0.2) is 9.97 Å². The van der Waals surface area contributed by atoms with Gasteiger partial charge in [0.05, 0.1) is 5.56 Å². The van der Waals surface area contributed by atoms with Crippen LogP contribution in [0.1, 0.15) is 5.56 Å². The molecule has 2 aromatic heterocycles. The van der Waals surface area contributed by atoms with E-state index in [1.807, 2.05) is 115 Å². The standard InChI is InChI=1S/C47H28F3N3O2/c48-47(49,50)35-17-21-40-33(25-35)12-7-13-39(40)34-15-14-32-26-36(18-16-31(32)24-34)53(37-19-22-41-43(27-37)54-45(51-41)29-8-3-1-4-9-29)38-20-23-42-44(28-38)55-46(52-42)30-10-5-2-6-11-30/h1-28H. The Kier molecular flexibility index (Phi) is 7.52. The van der Waals surface area contributed by atoms with Crippen LogP contribution in [-0.2, 0) is 6.18 Å². The number of anilines is 3. The summed E-state index contributed by atoms with van der Waals surface area (Å²) in [5.41, 5.74) is 8.31. The molecule has 264 valence electrons. The van der Waals surface area contributed by atoms with E-state index in [4.69, 9.17) is 18.8 Å². The molecule has 5 nitrogen and oxygen atoms in total. The Labute approximate surface area is 312 Å². The van der Waals surface area contributed by atoms with Crippen LogP contribution in [0.15, 0.2) is 179 Å². The van der Waals surface area contributed by atoms with E-state index in [1.165, 1.54) is 6.07 Å². The Balaban J connectivity index is 1.08. The first-order valence-electron chi connectivity index (χ1n) is 17.7. The van der Waals surface area contributed by atoms with Gasteiger partial charge in [-0.1, -0.05) is 78.9 Å². The van der Waals surface area contributed by atoms with Gasteiger partial charge in [0.15, 0.2) is 11.2 Å². The summed E-state index contributed by atoms with van der Waals surface area (Å²) >= 11 is 0. The number of oxazole rings is 2. The lowest BCUT2D eigenvalue weighted by molar-refractivity contribution is -0.137. The largest absolute Gasteiger partial charge is 0.436 e. The fraction of sp³-hybridized carbons (Fsp3) is 0.0213. The van der Waals surface area contributed by atoms with Gasteiger partial charge in [-0.25, -0.2) is 9.97 Å². The summed E-state index contributed by atoms with van der Waals surface area (Å²) in [5.74, 6) is 1.09. The molecule has 2 heterocycles. The number of hydrogen-bond acceptors (Lipinski definition) is 5. The first kappa shape index (κ1) is 32.5. The summed E-state index contributed by atoms with van der Waals surface area (Å²) in [6.45, 7) is 0. The van der Waals surface area contributed by atoms with Gasteiger partial charge in [0.25, 0.3) is 0 Å². The number of halogens is 3. The third kappa shape index (κ3) is 5.94. The van der Waals surface area contributed by atoms with Crippen LogP contribution < -0.4 is 4.90 Å². The average Bonchev–Trinajstić information content (AvgIpc) is 3.85. The summed E-state index contributed by atoms with van der Waals surface area (Å²) < 4.78 is 53.0. The zero-order valence-corrected chi connectivity index (χ0v) is 29.0. The van der Waals surface area contributed by atoms with Crippen molar-refractivity contribution in [1.29, 1.82) is 0 Å². The van der Waals surface area contributed by atoms with Crippen molar-refractivity contribution in [2.24, 2.45) is 0 Å². The molecule has 0 N–H and O–H groups in total. The first-order valence-corrected chi connectivity index (χ1v) is 17.7. The van der Waals surface area contributed by atoms with Gasteiger partial charge < -0.3 is 13.7 Å². The van der Waals surface area contributed by atoms with Crippen LogP contribution in [0.5, 0.6) is 0 Å². The van der Waals surface area contributed by atoms with Gasteiger partial charge in [-0.3, -0.25) is 0 Å². The fourth-order valence-electron chi connectivity index (χ4n) is 7.21. The van der Waals surface area contributed by atoms with Crippen molar-refractivity contribution in [2.45, 2.75) is 6.18 Å². The Morgan fingerprint density at radius 1 is 0.436 bits per heavy atom. The van der Waals surface area contributed by atoms with E-state index in [1.54, 1.807) is 18.2 Å². The lowest BCUT2D eigenvalue weighted by Crippen LogP contribution is -2.09. The van der Waals surface area contributed by atoms with Gasteiger partial charge in [-0.15, -0.1) is 0 Å². The normalized spacial score (nSPS) is 11.9. The molecule has 0 fully saturated rings. The highest BCUT2D eigenvalue weighted by atomic mass is 19.4. The molecular formula is C47H28F3N3O2. The van der Waals surface area contributed by atoms with Crippen molar-refractivity contribution in [2.75, 3.05) is 4.90 Å². The number of rotatable bonds is 6. The zero-order valence-electron chi connectivity index (χ0n) is 29.0. The lowest BCUT2D eigenvalue weighted by Gasteiger charge is -2.25. The molecule has 10 aromatic rings. The zero-order chi connectivity index (χ0) is 37.1. The van der Waals surface area contributed by atoms with Crippen molar-refractivity contribution in [3.63, 3.8) is 0 Å². The molecule has 10 rings (SSSR count). The van der Waals surface area contributed by atoms with Crippen molar-refractivity contribution >= 4 is 60.8 Å². The second-order valence-electron chi connectivity index (χ2n) is 13.4. The molecular weight excluding hydrogens is 696 g/mol. The molecule has 0 atom stereocenters. The van der Waals surface area contributed by atoms with Crippen LogP contribution in [0.2, 0.25) is 0 Å². The van der Waals surface area contributed by atoms with Crippen LogP contribution in [0.25, 0.3) is 77.8 Å². The number of aromatic nitrogens is 2. The van der Waals surface area contributed by atoms with Gasteiger partial charge in [0.1, 0.15) is 11.0 Å². The van der Waals surface area contributed by atoms with Gasteiger partial charge in [0, 0.05) is 40.3 Å². The molecule has 0 aliphatic carbocycles. The molecule has 0 spiro atoms. The number of alkyl halides is 3. The topological polar surface area (TPSA) is 55.3 Å². The summed E-state index contributed by atoms with van der Waals surface area (Å²) in [4.78, 5) is 11.6. The third-order valence-corrected chi connectivity index (χ3v) is 9.90. The average molecular weight is 724 g/mol. The van der Waals surface area contributed by atoms with E-state index in [9.17, 15) is 13.2 Å². The van der Waals surface area contributed by atoms with Crippen molar-refractivity contribution in [3.05, 3.63) is 175 Å². The van der Waals surface area contributed by atoms with Gasteiger partial charge in [-0.2, -0.15) is 13.2 Å². The maximum Gasteiger partial charge on any atom is 0.416 e. The molecule has 8 heteroatoms. The number of hydrogen-bond donors (Lipinski definition) is 0. The van der Waals surface area contributed by atoms with Crippen LogP contribution >= 0.6 is 0 Å². The molecule has 0 radical (unpaired) electrons. The second kappa shape index (κ2) is 12.7. The quantitative estimate of drug-likeness (QED) is 0.171. The smallest absolute Gasteiger partial charge is 0.416 e. The van der Waals surface area contributed by atoms with Gasteiger partial charge >= 0.3 is 6.18 Å². The Bertz CT molecular complexity index is 2930. The van der Waals surface area contributed by atoms with E-state index in [2.05, 4.69) is 29.2 Å². The minimum atomic E-state index is -4.41. The number of nitrogens with zero attached hydrogens (tertiary/aromatic N) is 3. The summed E-state index contributed by atoms with van der Waals surface area (Å²) in [7, 11) is 0. The molecule has 0 aliphatic rings. The summed E-state index contributed by atoms with van der Waals surface area (Å²) in [6, 6.07) is 53.3. The summed E-state index contributed by atoms with van der Waals surface area (Å²) in [5, 5.41) is 3.28. The number of fused-ring (bicyclic) bond motifs is 4. The van der Waals surface area contributed by atoms with E-state index < -0.39 is 11.7 Å². The fourth-order valence-corrected chi connectivity index (χ4v) is 7.21. The molecule has 0 saturated heterocycles. The van der Waals surface area contributed by atoms with E-state index >= 15 is 0 Å². The molecule has 8 aromatic carbocycles. The van der Waals surface area contributed by atoms with E-state index in [0.717, 1.165) is 72.6 Å². The van der Waals surface area contributed by atoms with Crippen LogP contribution in [0.4, 0.5) is 30.2 Å². The molecule has 0 aliphatic heterocycles. The van der Waals surface area contributed by atoms with Crippen molar-refractivity contribution < 1.29 is 22.0 Å². The third-order valence-electron chi connectivity index (χ3n) is 9.90. The van der Waals surface area contributed by atoms with Gasteiger partial charge in [0.2, 0.25) is 11.8 Å². The van der Waals surface area contributed by atoms with Gasteiger partial charge in [-0.05, 0) is 112 Å².